The second-order valence-electron chi connectivity index (χ2n) is 31.1. The van der Waals surface area contributed by atoms with E-state index in [9.17, 15) is 0 Å². The fourth-order valence-electron chi connectivity index (χ4n) is 18.8. The molecule has 4 aliphatic rings. The molecule has 0 unspecified atom stereocenters. The smallest absolute Gasteiger partial charge is 0.143 e. The van der Waals surface area contributed by atoms with Gasteiger partial charge in [0.15, 0.2) is 0 Å². The van der Waals surface area contributed by atoms with Crippen molar-refractivity contribution >= 4 is 141 Å². The first-order valence-electron chi connectivity index (χ1n) is 35.8. The highest BCUT2D eigenvalue weighted by atomic mass is 32.1. The molecule has 0 saturated carbocycles. The van der Waals surface area contributed by atoms with Gasteiger partial charge in [0.2, 0.25) is 0 Å². The van der Waals surface area contributed by atoms with Gasteiger partial charge in [-0.1, -0.05) is 225 Å². The van der Waals surface area contributed by atoms with Crippen LogP contribution in [0.25, 0.3) is 140 Å². The molecule has 486 valence electrons. The molecule has 0 radical (unpaired) electrons. The van der Waals surface area contributed by atoms with Crippen LogP contribution in [0, 0.1) is 0 Å². The van der Waals surface area contributed by atoms with Crippen LogP contribution in [0.15, 0.2) is 276 Å². The molecule has 4 aliphatic heterocycles. The molecular formula is C96H68N2O2S2. The molecule has 102 heavy (non-hydrogen) atoms. The fraction of sp³-hybridized carbons (Fsp3) is 0.125. The van der Waals surface area contributed by atoms with Gasteiger partial charge in [-0.05, 0) is 186 Å². The van der Waals surface area contributed by atoms with E-state index in [1.165, 1.54) is 152 Å². The molecule has 0 N–H and O–H groups in total. The Balaban J connectivity index is 0.781. The molecular weight excluding hydrogens is 1280 g/mol. The van der Waals surface area contributed by atoms with E-state index < -0.39 is 21.7 Å². The normalized spacial score (nSPS) is 15.5. The quantitative estimate of drug-likeness (QED) is 0.172. The lowest BCUT2D eigenvalue weighted by molar-refractivity contribution is 0.596. The molecule has 4 nitrogen and oxygen atoms in total. The lowest BCUT2D eigenvalue weighted by atomic mass is 9.64. The van der Waals surface area contributed by atoms with Crippen molar-refractivity contribution in [3.05, 3.63) is 311 Å². The van der Waals surface area contributed by atoms with E-state index in [1.807, 2.05) is 22.7 Å². The standard InChI is InChI=1S/C96H68N2O2S2/c1-93(2)71-45-53(59-25-17-29-67-63-21-9-13-33-83(63)99-89(59)67)37-41-79(71)97-80-42-38-54(60-26-18-30-68-64-22-10-14-34-84(64)100-90(60)68)46-72(80)94(3,4)76-50-57(49-75(93)87(76)97)58-51-77-88-78(52-58)96(7,8)74-48-56(62-28-20-32-70-66-24-12-16-36-86(66)102-92(62)70)40-44-82(74)98(88)81-43-39-55(47-73(81)95(77,5)6)61-27-19-31-69-65-23-11-15-35-85(65)101-91(61)69/h9-52H,1-8H3. The molecule has 22 rings (SSSR count). The van der Waals surface area contributed by atoms with E-state index in [0.29, 0.717) is 0 Å². The number of thiophene rings is 2. The molecule has 0 fully saturated rings. The SMILES string of the molecule is CC1(C)c2cc(-c3cccc4c3oc3ccccc34)ccc2N2c3ccc(-c4cccc5c4oc4ccccc45)cc3C(C)(C)c3cc(-c4cc5c6c(c4)C(C)(C)c4cc(-c7cccc8c7sc7ccccc78)ccc4N6c4ccc(-c6cccc7c6sc6ccccc67)cc4C5(C)C)cc1c32. The average molecular weight is 1350 g/mol. The van der Waals surface area contributed by atoms with Gasteiger partial charge in [0.25, 0.3) is 0 Å². The molecule has 18 aromatic rings. The van der Waals surface area contributed by atoms with Gasteiger partial charge in [-0.15, -0.1) is 22.7 Å². The minimum Gasteiger partial charge on any atom is -0.455 e. The minimum absolute atomic E-state index is 0.436. The molecule has 0 bridgehead atoms. The number of nitrogens with zero attached hydrogens (tertiary/aromatic N) is 2. The van der Waals surface area contributed by atoms with E-state index >= 15 is 0 Å². The number of para-hydroxylation sites is 4. The molecule has 0 amide bonds. The predicted molar refractivity (Wildman–Crippen MR) is 432 cm³/mol. The molecule has 14 aromatic carbocycles. The Morgan fingerprint density at radius 3 is 0.892 bits per heavy atom. The number of furan rings is 2. The highest BCUT2D eigenvalue weighted by molar-refractivity contribution is 7.26. The minimum atomic E-state index is -0.467. The van der Waals surface area contributed by atoms with Gasteiger partial charge in [0, 0.05) is 94.7 Å². The van der Waals surface area contributed by atoms with Crippen LogP contribution in [-0.4, -0.2) is 0 Å². The second kappa shape index (κ2) is 20.3. The van der Waals surface area contributed by atoms with E-state index in [1.54, 1.807) is 0 Å². The van der Waals surface area contributed by atoms with Gasteiger partial charge < -0.3 is 18.6 Å². The average Bonchev–Trinajstić information content (AvgIpc) is 1.02. The fourth-order valence-corrected chi connectivity index (χ4v) is 21.3. The maximum atomic E-state index is 6.80. The van der Waals surface area contributed by atoms with Crippen LogP contribution in [0.5, 0.6) is 0 Å². The van der Waals surface area contributed by atoms with Crippen molar-refractivity contribution in [3.63, 3.8) is 0 Å². The first-order valence-corrected chi connectivity index (χ1v) is 37.4. The summed E-state index contributed by atoms with van der Waals surface area (Å²) in [6.07, 6.45) is 0. The predicted octanol–water partition coefficient (Wildman–Crippen LogP) is 28.1. The summed E-state index contributed by atoms with van der Waals surface area (Å²) in [6.45, 7) is 19.8. The third kappa shape index (κ3) is 7.75. The molecule has 4 aromatic heterocycles. The highest BCUT2D eigenvalue weighted by Crippen LogP contribution is 2.65. The molecule has 0 aliphatic carbocycles. The number of anilines is 6. The zero-order valence-corrected chi connectivity index (χ0v) is 59.6. The van der Waals surface area contributed by atoms with Crippen molar-refractivity contribution < 1.29 is 8.83 Å². The van der Waals surface area contributed by atoms with Crippen molar-refractivity contribution in [2.24, 2.45) is 0 Å². The van der Waals surface area contributed by atoms with Crippen LogP contribution in [0.1, 0.15) is 99.9 Å². The van der Waals surface area contributed by atoms with Crippen LogP contribution in [0.4, 0.5) is 34.1 Å². The summed E-state index contributed by atoms with van der Waals surface area (Å²) in [5, 5.41) is 9.77. The molecule has 0 atom stereocenters. The van der Waals surface area contributed by atoms with E-state index in [4.69, 9.17) is 8.83 Å². The third-order valence-corrected chi connectivity index (χ3v) is 26.6. The van der Waals surface area contributed by atoms with Crippen molar-refractivity contribution in [3.8, 4) is 55.6 Å². The number of hydrogen-bond acceptors (Lipinski definition) is 6. The van der Waals surface area contributed by atoms with Gasteiger partial charge in [0.1, 0.15) is 22.3 Å². The van der Waals surface area contributed by atoms with Crippen LogP contribution >= 0.6 is 22.7 Å². The van der Waals surface area contributed by atoms with Crippen LogP contribution in [0.2, 0.25) is 0 Å². The monoisotopic (exact) mass is 1340 g/mol. The van der Waals surface area contributed by atoms with Crippen molar-refractivity contribution in [1.82, 2.24) is 0 Å². The Bertz CT molecular complexity index is 5990. The van der Waals surface area contributed by atoms with Gasteiger partial charge in [-0.3, -0.25) is 0 Å². The summed E-state index contributed by atoms with van der Waals surface area (Å²) in [5.74, 6) is 0. The first kappa shape index (κ1) is 58.5. The van der Waals surface area contributed by atoms with E-state index in [0.717, 1.165) is 66.1 Å². The Kier molecular flexibility index (Phi) is 11.6. The van der Waals surface area contributed by atoms with E-state index in [2.05, 4.69) is 332 Å². The Labute approximate surface area is 599 Å². The zero-order valence-electron chi connectivity index (χ0n) is 57.9. The number of fused-ring (bicyclic) bond motifs is 20. The summed E-state index contributed by atoms with van der Waals surface area (Å²) >= 11 is 3.81. The van der Waals surface area contributed by atoms with Gasteiger partial charge in [-0.25, -0.2) is 0 Å². The Hall–Kier alpha value is -11.3. The maximum Gasteiger partial charge on any atom is 0.143 e. The Morgan fingerprint density at radius 2 is 0.529 bits per heavy atom. The van der Waals surface area contributed by atoms with Crippen molar-refractivity contribution in [1.29, 1.82) is 0 Å². The van der Waals surface area contributed by atoms with Crippen LogP contribution in [-0.2, 0) is 21.7 Å². The largest absolute Gasteiger partial charge is 0.455 e. The van der Waals surface area contributed by atoms with E-state index in [-0.39, 0.29) is 0 Å². The van der Waals surface area contributed by atoms with Crippen molar-refractivity contribution in [2.75, 3.05) is 9.80 Å². The lowest BCUT2D eigenvalue weighted by Gasteiger charge is -2.50. The van der Waals surface area contributed by atoms with Gasteiger partial charge in [-0.2, -0.15) is 0 Å². The topological polar surface area (TPSA) is 32.8 Å². The van der Waals surface area contributed by atoms with Crippen LogP contribution in [0.3, 0.4) is 0 Å². The zero-order chi connectivity index (χ0) is 68.2. The van der Waals surface area contributed by atoms with Crippen LogP contribution < -0.4 is 9.80 Å². The van der Waals surface area contributed by atoms with Gasteiger partial charge >= 0.3 is 0 Å². The summed E-state index contributed by atoms with van der Waals surface area (Å²) in [4.78, 5) is 5.28. The Morgan fingerprint density at radius 1 is 0.245 bits per heavy atom. The second-order valence-corrected chi connectivity index (χ2v) is 33.2. The highest BCUT2D eigenvalue weighted by Gasteiger charge is 2.49. The summed E-state index contributed by atoms with van der Waals surface area (Å²) in [7, 11) is 0. The maximum absolute atomic E-state index is 6.80. The number of hydrogen-bond donors (Lipinski definition) is 0. The third-order valence-electron chi connectivity index (χ3n) is 24.2. The molecule has 0 saturated heterocycles. The van der Waals surface area contributed by atoms with Gasteiger partial charge in [0.05, 0.1) is 34.1 Å². The number of benzene rings is 14. The van der Waals surface area contributed by atoms with Crippen molar-refractivity contribution in [2.45, 2.75) is 77.0 Å². The summed E-state index contributed by atoms with van der Waals surface area (Å²) in [6, 6.07) is 101. The summed E-state index contributed by atoms with van der Waals surface area (Å²) in [5.41, 5.74) is 31.5. The number of rotatable bonds is 5. The molecule has 8 heterocycles. The summed E-state index contributed by atoms with van der Waals surface area (Å²) < 4.78 is 18.9. The molecule has 0 spiro atoms. The lowest BCUT2D eigenvalue weighted by Crippen LogP contribution is -2.38. The molecule has 6 heteroatoms. The first-order chi connectivity index (χ1) is 49.6.